The van der Waals surface area contributed by atoms with Crippen molar-refractivity contribution in [2.45, 2.75) is 45.2 Å². The number of hydrogen-bond donors (Lipinski definition) is 1. The zero-order chi connectivity index (χ0) is 14.5. The molecule has 0 fully saturated rings. The van der Waals surface area contributed by atoms with E-state index < -0.39 is 0 Å². The summed E-state index contributed by atoms with van der Waals surface area (Å²) in [7, 11) is 3.50. The molecule has 1 aliphatic carbocycles. The lowest BCUT2D eigenvalue weighted by molar-refractivity contribution is 0.138. The van der Waals surface area contributed by atoms with Gasteiger partial charge in [-0.3, -0.25) is 0 Å². The molecule has 0 aromatic heterocycles. The van der Waals surface area contributed by atoms with Crippen LogP contribution in [-0.2, 0) is 11.2 Å². The van der Waals surface area contributed by atoms with E-state index in [4.69, 9.17) is 9.47 Å². The predicted octanol–water partition coefficient (Wildman–Crippen LogP) is 3.33. The molecule has 0 heterocycles. The van der Waals surface area contributed by atoms with Crippen LogP contribution in [0.15, 0.2) is 18.2 Å². The van der Waals surface area contributed by atoms with E-state index in [1.165, 1.54) is 30.4 Å². The third-order valence-electron chi connectivity index (χ3n) is 4.23. The lowest BCUT2D eigenvalue weighted by Crippen LogP contribution is -2.41. The lowest BCUT2D eigenvalue weighted by atomic mass is 9.86. The Balaban J connectivity index is 2.18. The molecule has 1 aliphatic rings. The van der Waals surface area contributed by atoms with Gasteiger partial charge in [-0.25, -0.2) is 0 Å². The van der Waals surface area contributed by atoms with E-state index in [-0.39, 0.29) is 0 Å². The van der Waals surface area contributed by atoms with Gasteiger partial charge in [0.15, 0.2) is 0 Å². The summed E-state index contributed by atoms with van der Waals surface area (Å²) in [6, 6.07) is 7.27. The maximum Gasteiger partial charge on any atom is 0.119 e. The summed E-state index contributed by atoms with van der Waals surface area (Å²) in [6.07, 6.45) is 3.61. The molecule has 0 aliphatic heterocycles. The van der Waals surface area contributed by atoms with Crippen LogP contribution in [0.5, 0.6) is 5.75 Å². The second-order valence-electron chi connectivity index (χ2n) is 5.98. The highest BCUT2D eigenvalue weighted by molar-refractivity contribution is 5.39. The second kappa shape index (κ2) is 7.09. The number of ether oxygens (including phenoxy) is 2. The Kier molecular flexibility index (Phi) is 5.44. The van der Waals surface area contributed by atoms with E-state index in [2.05, 4.69) is 37.4 Å². The molecule has 0 amide bonds. The average molecular weight is 277 g/mol. The fourth-order valence-electron chi connectivity index (χ4n) is 2.95. The molecule has 20 heavy (non-hydrogen) atoms. The molecule has 2 atom stereocenters. The average Bonchev–Trinajstić information content (AvgIpc) is 2.46. The van der Waals surface area contributed by atoms with Crippen molar-refractivity contribution in [2.24, 2.45) is 5.92 Å². The molecule has 0 radical (unpaired) electrons. The zero-order valence-corrected chi connectivity index (χ0v) is 13.1. The molecule has 1 aromatic rings. The predicted molar refractivity (Wildman–Crippen MR) is 82.3 cm³/mol. The number of fused-ring (bicyclic) bond motifs is 1. The number of benzene rings is 1. The molecule has 0 saturated heterocycles. The van der Waals surface area contributed by atoms with E-state index >= 15 is 0 Å². The topological polar surface area (TPSA) is 30.5 Å². The Bertz CT molecular complexity index is 431. The van der Waals surface area contributed by atoms with Crippen molar-refractivity contribution in [3.8, 4) is 5.75 Å². The first-order chi connectivity index (χ1) is 9.65. The Hall–Kier alpha value is -1.06. The molecule has 1 N–H and O–H groups in total. The van der Waals surface area contributed by atoms with Gasteiger partial charge in [-0.15, -0.1) is 0 Å². The van der Waals surface area contributed by atoms with Gasteiger partial charge in [0.05, 0.1) is 13.7 Å². The Morgan fingerprint density at radius 2 is 2.10 bits per heavy atom. The van der Waals surface area contributed by atoms with Crippen LogP contribution in [0.1, 0.15) is 43.9 Å². The Morgan fingerprint density at radius 1 is 1.30 bits per heavy atom. The van der Waals surface area contributed by atoms with E-state index in [0.29, 0.717) is 18.0 Å². The quantitative estimate of drug-likeness (QED) is 0.865. The monoisotopic (exact) mass is 277 g/mol. The second-order valence-corrected chi connectivity index (χ2v) is 5.98. The summed E-state index contributed by atoms with van der Waals surface area (Å²) >= 11 is 0. The smallest absolute Gasteiger partial charge is 0.119 e. The van der Waals surface area contributed by atoms with Crippen LogP contribution in [-0.4, -0.2) is 26.9 Å². The van der Waals surface area contributed by atoms with Gasteiger partial charge in [0.2, 0.25) is 0 Å². The van der Waals surface area contributed by atoms with Crippen LogP contribution < -0.4 is 10.1 Å². The van der Waals surface area contributed by atoms with Gasteiger partial charge < -0.3 is 14.8 Å². The van der Waals surface area contributed by atoms with Crippen LogP contribution in [0, 0.1) is 5.92 Å². The van der Waals surface area contributed by atoms with Crippen LogP contribution in [0.3, 0.4) is 0 Å². The summed E-state index contributed by atoms with van der Waals surface area (Å²) in [4.78, 5) is 0. The van der Waals surface area contributed by atoms with Crippen LogP contribution >= 0.6 is 0 Å². The van der Waals surface area contributed by atoms with Crippen molar-refractivity contribution in [1.82, 2.24) is 5.32 Å². The summed E-state index contributed by atoms with van der Waals surface area (Å²) in [6.45, 7) is 5.24. The van der Waals surface area contributed by atoms with Crippen molar-refractivity contribution in [2.75, 3.05) is 20.8 Å². The number of hydrogen-bond acceptors (Lipinski definition) is 3. The van der Waals surface area contributed by atoms with Gasteiger partial charge in [0.25, 0.3) is 0 Å². The number of methoxy groups -OCH3 is 2. The van der Waals surface area contributed by atoms with Crippen molar-refractivity contribution < 1.29 is 9.47 Å². The molecule has 1 aromatic carbocycles. The van der Waals surface area contributed by atoms with Crippen molar-refractivity contribution >= 4 is 0 Å². The molecular weight excluding hydrogens is 250 g/mol. The molecular formula is C17H27NO2. The minimum absolute atomic E-state index is 0.391. The first-order valence-electron chi connectivity index (χ1n) is 7.57. The summed E-state index contributed by atoms with van der Waals surface area (Å²) in [5.41, 5.74) is 2.85. The molecule has 3 nitrogen and oxygen atoms in total. The molecule has 0 bridgehead atoms. The highest BCUT2D eigenvalue weighted by Gasteiger charge is 2.24. The van der Waals surface area contributed by atoms with Gasteiger partial charge in [0, 0.05) is 19.2 Å². The summed E-state index contributed by atoms with van der Waals surface area (Å²) < 4.78 is 10.7. The van der Waals surface area contributed by atoms with Crippen LogP contribution in [0.25, 0.3) is 0 Å². The fourth-order valence-corrected chi connectivity index (χ4v) is 2.95. The van der Waals surface area contributed by atoms with E-state index in [1.54, 1.807) is 14.2 Å². The third kappa shape index (κ3) is 3.53. The number of rotatable bonds is 6. The third-order valence-corrected chi connectivity index (χ3v) is 4.23. The largest absolute Gasteiger partial charge is 0.497 e. The van der Waals surface area contributed by atoms with Gasteiger partial charge in [0.1, 0.15) is 5.75 Å². The molecule has 2 rings (SSSR count). The van der Waals surface area contributed by atoms with Crippen LogP contribution in [0.2, 0.25) is 0 Å². The normalized spacial score (nSPS) is 19.8. The van der Waals surface area contributed by atoms with Gasteiger partial charge >= 0.3 is 0 Å². The number of nitrogens with one attached hydrogen (secondary N) is 1. The van der Waals surface area contributed by atoms with Crippen LogP contribution in [0.4, 0.5) is 0 Å². The minimum Gasteiger partial charge on any atom is -0.497 e. The van der Waals surface area contributed by atoms with Gasteiger partial charge in [-0.05, 0) is 48.4 Å². The molecule has 112 valence electrons. The minimum atomic E-state index is 0.391. The van der Waals surface area contributed by atoms with Crippen molar-refractivity contribution in [1.29, 1.82) is 0 Å². The Morgan fingerprint density at radius 3 is 2.75 bits per heavy atom. The van der Waals surface area contributed by atoms with Crippen molar-refractivity contribution in [3.63, 3.8) is 0 Å². The summed E-state index contributed by atoms with van der Waals surface area (Å²) in [5.74, 6) is 1.51. The Labute approximate surface area is 122 Å². The summed E-state index contributed by atoms with van der Waals surface area (Å²) in [5, 5.41) is 3.78. The van der Waals surface area contributed by atoms with E-state index in [0.717, 1.165) is 12.4 Å². The van der Waals surface area contributed by atoms with Gasteiger partial charge in [-0.1, -0.05) is 19.9 Å². The molecule has 2 unspecified atom stereocenters. The molecule has 3 heteroatoms. The first-order valence-corrected chi connectivity index (χ1v) is 7.57. The molecule has 0 spiro atoms. The standard InChI is InChI=1S/C17H27NO2/c1-12(2)17(11-19-3)18-16-7-5-6-13-8-9-14(20-4)10-15(13)16/h8-10,12,16-18H,5-7,11H2,1-4H3. The maximum absolute atomic E-state index is 5.38. The molecule has 0 saturated carbocycles. The lowest BCUT2D eigenvalue weighted by Gasteiger charge is -2.32. The maximum atomic E-state index is 5.38. The van der Waals surface area contributed by atoms with Gasteiger partial charge in [-0.2, -0.15) is 0 Å². The fraction of sp³-hybridized carbons (Fsp3) is 0.647. The number of aryl methyl sites for hydroxylation is 1. The first kappa shape index (κ1) is 15.3. The SMILES string of the molecule is COCC(NC1CCCc2ccc(OC)cc21)C(C)C. The van der Waals surface area contributed by atoms with Crippen molar-refractivity contribution in [3.05, 3.63) is 29.3 Å². The van der Waals surface area contributed by atoms with E-state index in [9.17, 15) is 0 Å². The van der Waals surface area contributed by atoms with E-state index in [1.807, 2.05) is 0 Å². The highest BCUT2D eigenvalue weighted by atomic mass is 16.5. The highest BCUT2D eigenvalue weighted by Crippen LogP contribution is 2.33. The zero-order valence-electron chi connectivity index (χ0n) is 13.1.